The normalized spacial score (nSPS) is 11.4. The van der Waals surface area contributed by atoms with E-state index < -0.39 is 22.9 Å². The lowest BCUT2D eigenvalue weighted by molar-refractivity contribution is -0.384. The molecule has 20 heavy (non-hydrogen) atoms. The maximum Gasteiger partial charge on any atom is 0.310 e. The summed E-state index contributed by atoms with van der Waals surface area (Å²) in [4.78, 5) is 32.4. The van der Waals surface area contributed by atoms with Gasteiger partial charge in [0.05, 0.1) is 18.0 Å². The summed E-state index contributed by atoms with van der Waals surface area (Å²) in [6, 6.07) is 5.08. The molecular formula is C12H14N2O6. The number of ether oxygens (including phenoxy) is 2. The Hall–Kier alpha value is -2.64. The average Bonchev–Trinajstić information content (AvgIpc) is 2.38. The lowest BCUT2D eigenvalue weighted by atomic mass is 10.2. The van der Waals surface area contributed by atoms with E-state index in [1.54, 1.807) is 6.92 Å². The number of carbonyl (C=O) groups is 2. The second kappa shape index (κ2) is 7.07. The molecule has 1 rings (SSSR count). The van der Waals surface area contributed by atoms with Crippen molar-refractivity contribution in [2.75, 3.05) is 6.61 Å². The highest BCUT2D eigenvalue weighted by molar-refractivity contribution is 5.84. The van der Waals surface area contributed by atoms with Crippen LogP contribution in [0.25, 0.3) is 0 Å². The minimum Gasteiger partial charge on any atom is -0.480 e. The van der Waals surface area contributed by atoms with Crippen molar-refractivity contribution < 1.29 is 24.0 Å². The standard InChI is InChI=1S/C12H14N2O6/c1-2-19-11(15)7-10(12(13)16)20-9-5-3-8(4-6-9)14(17)18/h3-6,10H,2,7H2,1H3,(H2,13,16). The van der Waals surface area contributed by atoms with Crippen LogP contribution in [0, 0.1) is 10.1 Å². The largest absolute Gasteiger partial charge is 0.480 e. The molecule has 108 valence electrons. The molecule has 0 fully saturated rings. The Morgan fingerprint density at radius 1 is 1.35 bits per heavy atom. The molecule has 0 aliphatic rings. The molecule has 0 aromatic heterocycles. The zero-order valence-electron chi connectivity index (χ0n) is 10.8. The van der Waals surface area contributed by atoms with Gasteiger partial charge in [-0.3, -0.25) is 19.7 Å². The number of nitro benzene ring substituents is 1. The zero-order chi connectivity index (χ0) is 15.1. The van der Waals surface area contributed by atoms with Gasteiger partial charge in [-0.15, -0.1) is 0 Å². The van der Waals surface area contributed by atoms with E-state index in [0.29, 0.717) is 0 Å². The topological polar surface area (TPSA) is 122 Å². The molecule has 8 heteroatoms. The van der Waals surface area contributed by atoms with Crippen LogP contribution in [-0.4, -0.2) is 29.5 Å². The molecule has 1 amide bonds. The van der Waals surface area contributed by atoms with E-state index in [0.717, 1.165) is 0 Å². The zero-order valence-corrected chi connectivity index (χ0v) is 10.8. The molecule has 0 aliphatic carbocycles. The molecule has 0 heterocycles. The molecular weight excluding hydrogens is 268 g/mol. The van der Waals surface area contributed by atoms with Crippen molar-refractivity contribution in [3.05, 3.63) is 34.4 Å². The number of rotatable bonds is 7. The minimum absolute atomic E-state index is 0.113. The molecule has 0 spiro atoms. The van der Waals surface area contributed by atoms with Crippen molar-refractivity contribution in [3.8, 4) is 5.75 Å². The molecule has 0 saturated heterocycles. The molecule has 0 saturated carbocycles. The number of benzene rings is 1. The van der Waals surface area contributed by atoms with Gasteiger partial charge >= 0.3 is 5.97 Å². The van der Waals surface area contributed by atoms with Crippen molar-refractivity contribution in [1.82, 2.24) is 0 Å². The van der Waals surface area contributed by atoms with Crippen molar-refractivity contribution in [2.24, 2.45) is 5.73 Å². The van der Waals surface area contributed by atoms with E-state index in [-0.39, 0.29) is 24.5 Å². The molecule has 0 aliphatic heterocycles. The smallest absolute Gasteiger partial charge is 0.310 e. The number of primary amides is 1. The SMILES string of the molecule is CCOC(=O)CC(Oc1ccc([N+](=O)[O-])cc1)C(N)=O. The van der Waals surface area contributed by atoms with Crippen molar-refractivity contribution in [2.45, 2.75) is 19.4 Å². The van der Waals surface area contributed by atoms with Crippen LogP contribution >= 0.6 is 0 Å². The Labute approximate surface area is 114 Å². The summed E-state index contributed by atoms with van der Waals surface area (Å²) in [7, 11) is 0. The van der Waals surface area contributed by atoms with E-state index >= 15 is 0 Å². The van der Waals surface area contributed by atoms with Crippen LogP contribution in [0.1, 0.15) is 13.3 Å². The van der Waals surface area contributed by atoms with Crippen LogP contribution in [-0.2, 0) is 14.3 Å². The average molecular weight is 282 g/mol. The number of nitrogens with zero attached hydrogens (tertiary/aromatic N) is 1. The van der Waals surface area contributed by atoms with E-state index in [1.165, 1.54) is 24.3 Å². The lowest BCUT2D eigenvalue weighted by Gasteiger charge is -2.15. The first kappa shape index (κ1) is 15.4. The first-order valence-electron chi connectivity index (χ1n) is 5.80. The first-order chi connectivity index (χ1) is 9.43. The number of non-ortho nitro benzene ring substituents is 1. The Morgan fingerprint density at radius 3 is 2.40 bits per heavy atom. The van der Waals surface area contributed by atoms with Gasteiger partial charge in [-0.25, -0.2) is 0 Å². The molecule has 8 nitrogen and oxygen atoms in total. The van der Waals surface area contributed by atoms with Gasteiger partial charge < -0.3 is 15.2 Å². The summed E-state index contributed by atoms with van der Waals surface area (Å²) in [5, 5.41) is 10.5. The third-order valence-corrected chi connectivity index (χ3v) is 2.30. The first-order valence-corrected chi connectivity index (χ1v) is 5.80. The van der Waals surface area contributed by atoms with Gasteiger partial charge in [0.25, 0.3) is 11.6 Å². The summed E-state index contributed by atoms with van der Waals surface area (Å²) < 4.78 is 9.92. The van der Waals surface area contributed by atoms with Gasteiger partial charge in [0, 0.05) is 12.1 Å². The van der Waals surface area contributed by atoms with Gasteiger partial charge in [0.1, 0.15) is 5.75 Å². The number of carbonyl (C=O) groups excluding carboxylic acids is 2. The summed E-state index contributed by atoms with van der Waals surface area (Å²) >= 11 is 0. The van der Waals surface area contributed by atoms with Gasteiger partial charge in [0.15, 0.2) is 6.10 Å². The third-order valence-electron chi connectivity index (χ3n) is 2.30. The van der Waals surface area contributed by atoms with E-state index in [4.69, 9.17) is 15.2 Å². The minimum atomic E-state index is -1.18. The Balaban J connectivity index is 2.72. The number of amides is 1. The molecule has 0 bridgehead atoms. The second-order valence-electron chi connectivity index (χ2n) is 3.77. The summed E-state index contributed by atoms with van der Waals surface area (Å²) in [5.41, 5.74) is 5.01. The molecule has 1 aromatic carbocycles. The van der Waals surface area contributed by atoms with Gasteiger partial charge in [-0.1, -0.05) is 0 Å². The molecule has 2 N–H and O–H groups in total. The molecule has 0 radical (unpaired) electrons. The van der Waals surface area contributed by atoms with Crippen molar-refractivity contribution >= 4 is 17.6 Å². The van der Waals surface area contributed by atoms with Crippen LogP contribution < -0.4 is 10.5 Å². The Kier molecular flexibility index (Phi) is 5.45. The summed E-state index contributed by atoms with van der Waals surface area (Å²) in [6.07, 6.45) is -1.50. The van der Waals surface area contributed by atoms with E-state index in [2.05, 4.69) is 0 Å². The number of nitro groups is 1. The summed E-state index contributed by atoms with van der Waals surface area (Å²) in [5.74, 6) is -1.24. The number of hydrogen-bond acceptors (Lipinski definition) is 6. The molecule has 1 aromatic rings. The monoisotopic (exact) mass is 282 g/mol. The fraction of sp³-hybridized carbons (Fsp3) is 0.333. The van der Waals surface area contributed by atoms with Crippen LogP contribution in [0.4, 0.5) is 5.69 Å². The third kappa shape index (κ3) is 4.56. The predicted octanol–water partition coefficient (Wildman–Crippen LogP) is 0.781. The maximum atomic E-state index is 11.3. The maximum absolute atomic E-state index is 11.3. The fourth-order valence-electron chi connectivity index (χ4n) is 1.38. The van der Waals surface area contributed by atoms with Crippen LogP contribution in [0.5, 0.6) is 5.75 Å². The highest BCUT2D eigenvalue weighted by atomic mass is 16.6. The Morgan fingerprint density at radius 2 is 1.95 bits per heavy atom. The van der Waals surface area contributed by atoms with Gasteiger partial charge in [0.2, 0.25) is 0 Å². The number of hydrogen-bond donors (Lipinski definition) is 1. The highest BCUT2D eigenvalue weighted by Gasteiger charge is 2.22. The van der Waals surface area contributed by atoms with E-state index in [1.807, 2.05) is 0 Å². The molecule has 1 atom stereocenters. The van der Waals surface area contributed by atoms with Crippen LogP contribution in [0.15, 0.2) is 24.3 Å². The quantitative estimate of drug-likeness (QED) is 0.448. The van der Waals surface area contributed by atoms with Crippen molar-refractivity contribution in [1.29, 1.82) is 0 Å². The Bertz CT molecular complexity index is 499. The predicted molar refractivity (Wildman–Crippen MR) is 68.0 cm³/mol. The number of esters is 1. The molecule has 1 unspecified atom stereocenters. The highest BCUT2D eigenvalue weighted by Crippen LogP contribution is 2.19. The number of nitrogens with two attached hydrogens (primary N) is 1. The summed E-state index contributed by atoms with van der Waals surface area (Å²) in [6.45, 7) is 1.82. The van der Waals surface area contributed by atoms with Crippen molar-refractivity contribution in [3.63, 3.8) is 0 Å². The van der Waals surface area contributed by atoms with Gasteiger partial charge in [-0.2, -0.15) is 0 Å². The van der Waals surface area contributed by atoms with Crippen LogP contribution in [0.3, 0.4) is 0 Å². The van der Waals surface area contributed by atoms with Crippen LogP contribution in [0.2, 0.25) is 0 Å². The van der Waals surface area contributed by atoms with Gasteiger partial charge in [-0.05, 0) is 19.1 Å². The lowest BCUT2D eigenvalue weighted by Crippen LogP contribution is -2.36. The fourth-order valence-corrected chi connectivity index (χ4v) is 1.38. The second-order valence-corrected chi connectivity index (χ2v) is 3.77. The van der Waals surface area contributed by atoms with E-state index in [9.17, 15) is 19.7 Å².